The quantitative estimate of drug-likeness (QED) is 0.887. The molecule has 0 aliphatic carbocycles. The number of urea groups is 1. The van der Waals surface area contributed by atoms with Crippen molar-refractivity contribution in [2.75, 3.05) is 38.6 Å². The van der Waals surface area contributed by atoms with Gasteiger partial charge in [-0.2, -0.15) is 0 Å². The molecule has 1 aliphatic heterocycles. The highest BCUT2D eigenvalue weighted by Gasteiger charge is 2.19. The molecule has 1 aromatic carbocycles. The smallest absolute Gasteiger partial charge is 0.319 e. The molecule has 2 rings (SSSR count). The van der Waals surface area contributed by atoms with Crippen molar-refractivity contribution >= 4 is 11.7 Å². The minimum absolute atomic E-state index is 0.122. The van der Waals surface area contributed by atoms with Crippen LogP contribution in [0.3, 0.4) is 0 Å². The van der Waals surface area contributed by atoms with Gasteiger partial charge in [-0.05, 0) is 31.2 Å². The largest absolute Gasteiger partial charge is 0.371 e. The van der Waals surface area contributed by atoms with Crippen LogP contribution in [-0.2, 0) is 4.74 Å². The number of likely N-dealkylation sites (N-methyl/N-ethyl adjacent to an activating group) is 1. The van der Waals surface area contributed by atoms with E-state index in [1.807, 2.05) is 31.2 Å². The number of nitrogens with one attached hydrogen (secondary N) is 2. The van der Waals surface area contributed by atoms with E-state index in [2.05, 4.69) is 22.6 Å². The van der Waals surface area contributed by atoms with E-state index in [0.29, 0.717) is 6.54 Å². The second kappa shape index (κ2) is 7.26. The molecule has 2 amide bonds. The Balaban J connectivity index is 1.90. The SMILES string of the molecule is CCCNC(=O)Nc1ccc(C2CN(C)CCO2)cc1. The summed E-state index contributed by atoms with van der Waals surface area (Å²) in [7, 11) is 2.10. The Morgan fingerprint density at radius 2 is 2.15 bits per heavy atom. The predicted molar refractivity (Wildman–Crippen MR) is 79.9 cm³/mol. The minimum atomic E-state index is -0.159. The van der Waals surface area contributed by atoms with Crippen molar-refractivity contribution in [1.29, 1.82) is 0 Å². The number of carbonyl (C=O) groups excluding carboxylic acids is 1. The molecule has 5 nitrogen and oxygen atoms in total. The summed E-state index contributed by atoms with van der Waals surface area (Å²) in [6.07, 6.45) is 1.05. The van der Waals surface area contributed by atoms with Crippen LogP contribution in [0.2, 0.25) is 0 Å². The lowest BCUT2D eigenvalue weighted by atomic mass is 10.1. The van der Waals surface area contributed by atoms with Gasteiger partial charge in [0.15, 0.2) is 0 Å². The van der Waals surface area contributed by atoms with Gasteiger partial charge < -0.3 is 20.3 Å². The molecule has 1 fully saturated rings. The van der Waals surface area contributed by atoms with Crippen LogP contribution in [0.4, 0.5) is 10.5 Å². The van der Waals surface area contributed by atoms with E-state index in [1.165, 1.54) is 0 Å². The van der Waals surface area contributed by atoms with Crippen LogP contribution in [0.25, 0.3) is 0 Å². The Labute approximate surface area is 120 Å². The molecule has 1 heterocycles. The van der Waals surface area contributed by atoms with Crippen molar-refractivity contribution in [2.24, 2.45) is 0 Å². The van der Waals surface area contributed by atoms with Gasteiger partial charge in [0.05, 0.1) is 12.7 Å². The summed E-state index contributed by atoms with van der Waals surface area (Å²) in [4.78, 5) is 13.8. The van der Waals surface area contributed by atoms with E-state index in [1.54, 1.807) is 0 Å². The normalized spacial score (nSPS) is 19.6. The van der Waals surface area contributed by atoms with Gasteiger partial charge in [-0.3, -0.25) is 0 Å². The molecule has 1 atom stereocenters. The molecule has 1 aliphatic rings. The van der Waals surface area contributed by atoms with Crippen LogP contribution in [0.1, 0.15) is 25.0 Å². The van der Waals surface area contributed by atoms with Crippen molar-refractivity contribution in [3.63, 3.8) is 0 Å². The van der Waals surface area contributed by atoms with Crippen LogP contribution in [0.15, 0.2) is 24.3 Å². The van der Waals surface area contributed by atoms with Gasteiger partial charge >= 0.3 is 6.03 Å². The molecule has 0 saturated carbocycles. The maximum Gasteiger partial charge on any atom is 0.319 e. The summed E-state index contributed by atoms with van der Waals surface area (Å²) in [6.45, 7) is 5.36. The number of benzene rings is 1. The summed E-state index contributed by atoms with van der Waals surface area (Å²) < 4.78 is 5.77. The first-order valence-electron chi connectivity index (χ1n) is 7.14. The maximum atomic E-state index is 11.5. The highest BCUT2D eigenvalue weighted by Crippen LogP contribution is 2.22. The van der Waals surface area contributed by atoms with E-state index < -0.39 is 0 Å². The topological polar surface area (TPSA) is 53.6 Å². The third-order valence-corrected chi connectivity index (χ3v) is 3.35. The van der Waals surface area contributed by atoms with Crippen molar-refractivity contribution in [2.45, 2.75) is 19.4 Å². The standard InChI is InChI=1S/C15H23N3O2/c1-3-8-16-15(19)17-13-6-4-12(5-7-13)14-11-18(2)9-10-20-14/h4-7,14H,3,8-11H2,1-2H3,(H2,16,17,19). The highest BCUT2D eigenvalue weighted by atomic mass is 16.5. The molecule has 0 radical (unpaired) electrons. The molecule has 0 aromatic heterocycles. The maximum absolute atomic E-state index is 11.5. The first-order valence-corrected chi connectivity index (χ1v) is 7.14. The molecule has 110 valence electrons. The molecular formula is C15H23N3O2. The molecular weight excluding hydrogens is 254 g/mol. The zero-order valence-corrected chi connectivity index (χ0v) is 12.2. The lowest BCUT2D eigenvalue weighted by Gasteiger charge is -2.30. The number of carbonyl (C=O) groups is 1. The lowest BCUT2D eigenvalue weighted by Crippen LogP contribution is -2.35. The Kier molecular flexibility index (Phi) is 5.38. The number of anilines is 1. The summed E-state index contributed by atoms with van der Waals surface area (Å²) >= 11 is 0. The average Bonchev–Trinajstić information content (AvgIpc) is 2.46. The number of ether oxygens (including phenoxy) is 1. The fourth-order valence-corrected chi connectivity index (χ4v) is 2.17. The van der Waals surface area contributed by atoms with E-state index in [-0.39, 0.29) is 12.1 Å². The summed E-state index contributed by atoms with van der Waals surface area (Å²) in [5.74, 6) is 0. The van der Waals surface area contributed by atoms with Gasteiger partial charge in [-0.1, -0.05) is 19.1 Å². The van der Waals surface area contributed by atoms with E-state index in [9.17, 15) is 4.79 Å². The second-order valence-electron chi connectivity index (χ2n) is 5.12. The third-order valence-electron chi connectivity index (χ3n) is 3.35. The lowest BCUT2D eigenvalue weighted by molar-refractivity contribution is -0.0208. The number of hydrogen-bond acceptors (Lipinski definition) is 3. The van der Waals surface area contributed by atoms with Crippen molar-refractivity contribution in [1.82, 2.24) is 10.2 Å². The Hall–Kier alpha value is -1.59. The number of rotatable bonds is 4. The van der Waals surface area contributed by atoms with Gasteiger partial charge in [-0.25, -0.2) is 4.79 Å². The molecule has 1 unspecified atom stereocenters. The van der Waals surface area contributed by atoms with Crippen LogP contribution in [-0.4, -0.2) is 44.2 Å². The number of hydrogen-bond donors (Lipinski definition) is 2. The first kappa shape index (κ1) is 14.8. The predicted octanol–water partition coefficient (Wildman–Crippen LogP) is 2.22. The zero-order chi connectivity index (χ0) is 14.4. The monoisotopic (exact) mass is 277 g/mol. The Morgan fingerprint density at radius 1 is 1.40 bits per heavy atom. The summed E-state index contributed by atoms with van der Waals surface area (Å²) in [6, 6.07) is 7.70. The molecule has 1 saturated heterocycles. The molecule has 0 bridgehead atoms. The van der Waals surface area contributed by atoms with Crippen molar-refractivity contribution in [3.8, 4) is 0 Å². The van der Waals surface area contributed by atoms with Gasteiger partial charge in [0.1, 0.15) is 0 Å². The van der Waals surface area contributed by atoms with E-state index in [0.717, 1.165) is 37.4 Å². The van der Waals surface area contributed by atoms with Crippen LogP contribution in [0.5, 0.6) is 0 Å². The molecule has 5 heteroatoms. The van der Waals surface area contributed by atoms with Gasteiger partial charge in [0, 0.05) is 25.3 Å². The number of amides is 2. The fraction of sp³-hybridized carbons (Fsp3) is 0.533. The number of morpholine rings is 1. The average molecular weight is 277 g/mol. The zero-order valence-electron chi connectivity index (χ0n) is 12.2. The van der Waals surface area contributed by atoms with E-state index in [4.69, 9.17) is 4.74 Å². The van der Waals surface area contributed by atoms with Crippen molar-refractivity contribution in [3.05, 3.63) is 29.8 Å². The Bertz CT molecular complexity index is 433. The summed E-state index contributed by atoms with van der Waals surface area (Å²) in [5, 5.41) is 5.60. The van der Waals surface area contributed by atoms with E-state index >= 15 is 0 Å². The highest BCUT2D eigenvalue weighted by molar-refractivity contribution is 5.89. The van der Waals surface area contributed by atoms with Gasteiger partial charge in [0.25, 0.3) is 0 Å². The first-order chi connectivity index (χ1) is 9.69. The second-order valence-corrected chi connectivity index (χ2v) is 5.12. The molecule has 1 aromatic rings. The van der Waals surface area contributed by atoms with Crippen LogP contribution in [0, 0.1) is 0 Å². The molecule has 20 heavy (non-hydrogen) atoms. The van der Waals surface area contributed by atoms with Crippen molar-refractivity contribution < 1.29 is 9.53 Å². The summed E-state index contributed by atoms with van der Waals surface area (Å²) in [5.41, 5.74) is 1.95. The Morgan fingerprint density at radius 3 is 2.80 bits per heavy atom. The number of nitrogens with zero attached hydrogens (tertiary/aromatic N) is 1. The molecule has 2 N–H and O–H groups in total. The van der Waals surface area contributed by atoms with Crippen LogP contribution < -0.4 is 10.6 Å². The fourth-order valence-electron chi connectivity index (χ4n) is 2.17. The minimum Gasteiger partial charge on any atom is -0.371 e. The third kappa shape index (κ3) is 4.21. The van der Waals surface area contributed by atoms with Gasteiger partial charge in [-0.15, -0.1) is 0 Å². The van der Waals surface area contributed by atoms with Gasteiger partial charge in [0.2, 0.25) is 0 Å². The molecule has 0 spiro atoms. The van der Waals surface area contributed by atoms with Crippen LogP contribution >= 0.6 is 0 Å².